The lowest BCUT2D eigenvalue weighted by atomic mass is 10.0. The molecule has 0 radical (unpaired) electrons. The van der Waals surface area contributed by atoms with E-state index in [0.717, 1.165) is 5.56 Å². The van der Waals surface area contributed by atoms with Gasteiger partial charge >= 0.3 is 0 Å². The third kappa shape index (κ3) is 2.93. The van der Waals surface area contributed by atoms with E-state index in [1.165, 1.54) is 4.90 Å². The van der Waals surface area contributed by atoms with Crippen LogP contribution in [0.3, 0.4) is 0 Å². The molecule has 0 spiro atoms. The average molecular weight is 311 g/mol. The predicted octanol–water partition coefficient (Wildman–Crippen LogP) is 1.12. The highest BCUT2D eigenvalue weighted by atomic mass is 16.3. The Morgan fingerprint density at radius 2 is 2.04 bits per heavy atom. The number of rotatable bonds is 3. The van der Waals surface area contributed by atoms with Gasteiger partial charge in [-0.25, -0.2) is 0 Å². The van der Waals surface area contributed by atoms with Crippen LogP contribution in [-0.2, 0) is 9.59 Å². The van der Waals surface area contributed by atoms with E-state index < -0.39 is 24.0 Å². The van der Waals surface area contributed by atoms with Crippen molar-refractivity contribution < 1.29 is 14.7 Å². The highest BCUT2D eigenvalue weighted by Crippen LogP contribution is 2.22. The number of nitrogens with zero attached hydrogens (tertiary/aromatic N) is 2. The third-order valence-corrected chi connectivity index (χ3v) is 3.88. The first-order valence-electron chi connectivity index (χ1n) is 7.37. The van der Waals surface area contributed by atoms with Gasteiger partial charge in [-0.1, -0.05) is 36.4 Å². The molecule has 1 aromatic carbocycles. The van der Waals surface area contributed by atoms with Gasteiger partial charge in [0.25, 0.3) is 5.91 Å². The summed E-state index contributed by atoms with van der Waals surface area (Å²) in [5.41, 5.74) is 0.920. The number of carbonyl (C=O) groups excluding carboxylic acids is 2. The Balaban J connectivity index is 1.77. The molecular weight excluding hydrogens is 294 g/mol. The lowest BCUT2D eigenvalue weighted by molar-refractivity contribution is -0.143. The van der Waals surface area contributed by atoms with E-state index in [1.807, 2.05) is 37.3 Å². The van der Waals surface area contributed by atoms with Crippen LogP contribution in [-0.4, -0.2) is 33.9 Å². The van der Waals surface area contributed by atoms with Gasteiger partial charge in [-0.05, 0) is 24.6 Å². The quantitative estimate of drug-likeness (QED) is 0.820. The molecule has 2 amide bonds. The highest BCUT2D eigenvalue weighted by molar-refractivity contribution is 6.11. The maximum absolute atomic E-state index is 12.4. The largest absolute Gasteiger partial charge is 0.372 e. The maximum atomic E-state index is 12.4. The molecule has 3 atom stereocenters. The van der Waals surface area contributed by atoms with E-state index in [2.05, 4.69) is 10.3 Å². The molecule has 118 valence electrons. The number of allylic oxidation sites excluding steroid dienone is 2. The number of hydrogen-bond acceptors (Lipinski definition) is 4. The molecule has 0 saturated carbocycles. The number of fused-ring (bicyclic) bond motifs is 1. The molecule has 0 saturated heterocycles. The molecule has 0 aromatic heterocycles. The van der Waals surface area contributed by atoms with Crippen LogP contribution in [0.5, 0.6) is 0 Å². The van der Waals surface area contributed by atoms with Crippen LogP contribution in [0.25, 0.3) is 0 Å². The Kier molecular flexibility index (Phi) is 4.08. The number of aliphatic imine (C=N–C) groups is 1. The van der Waals surface area contributed by atoms with Crippen LogP contribution < -0.4 is 5.32 Å². The van der Waals surface area contributed by atoms with Crippen LogP contribution >= 0.6 is 0 Å². The molecule has 2 aliphatic rings. The molecule has 6 heteroatoms. The summed E-state index contributed by atoms with van der Waals surface area (Å²) in [5.74, 6) is -2.09. The van der Waals surface area contributed by atoms with Crippen LogP contribution in [0, 0.1) is 5.92 Å². The summed E-state index contributed by atoms with van der Waals surface area (Å²) in [5, 5.41) is 13.1. The van der Waals surface area contributed by atoms with Gasteiger partial charge < -0.3 is 15.3 Å². The van der Waals surface area contributed by atoms with Gasteiger partial charge in [0.1, 0.15) is 5.84 Å². The molecule has 6 nitrogen and oxygen atoms in total. The molecule has 0 fully saturated rings. The van der Waals surface area contributed by atoms with Crippen molar-refractivity contribution in [1.29, 1.82) is 0 Å². The molecule has 23 heavy (non-hydrogen) atoms. The Bertz CT molecular complexity index is 709. The number of aliphatic hydroxyl groups excluding tert-OH is 1. The van der Waals surface area contributed by atoms with Crippen molar-refractivity contribution in [3.8, 4) is 0 Å². The Hall–Kier alpha value is -2.73. The summed E-state index contributed by atoms with van der Waals surface area (Å²) in [6.45, 7) is 1.82. The molecule has 2 aliphatic heterocycles. The lowest BCUT2D eigenvalue weighted by Crippen LogP contribution is -2.53. The SMILES string of the molecule is C[C@H](NC(=O)C1C(=O)N=C2C=CC=CN2C1O)c1ccccc1. The molecule has 0 bridgehead atoms. The maximum Gasteiger partial charge on any atom is 0.264 e. The van der Waals surface area contributed by atoms with Crippen molar-refractivity contribution in [3.63, 3.8) is 0 Å². The summed E-state index contributed by atoms with van der Waals surface area (Å²) < 4.78 is 0. The molecule has 2 heterocycles. The minimum Gasteiger partial charge on any atom is -0.372 e. The van der Waals surface area contributed by atoms with E-state index in [1.54, 1.807) is 24.4 Å². The van der Waals surface area contributed by atoms with Crippen LogP contribution in [0.4, 0.5) is 0 Å². The van der Waals surface area contributed by atoms with Crippen molar-refractivity contribution in [2.75, 3.05) is 0 Å². The van der Waals surface area contributed by atoms with E-state index in [4.69, 9.17) is 0 Å². The summed E-state index contributed by atoms with van der Waals surface area (Å²) in [7, 11) is 0. The highest BCUT2D eigenvalue weighted by Gasteiger charge is 2.42. The average Bonchev–Trinajstić information content (AvgIpc) is 2.55. The number of aliphatic hydroxyl groups is 1. The second-order valence-corrected chi connectivity index (χ2v) is 5.45. The van der Waals surface area contributed by atoms with Gasteiger partial charge in [-0.2, -0.15) is 4.99 Å². The topological polar surface area (TPSA) is 82.0 Å². The van der Waals surface area contributed by atoms with Crippen molar-refractivity contribution in [2.24, 2.45) is 10.9 Å². The van der Waals surface area contributed by atoms with E-state index in [0.29, 0.717) is 5.84 Å². The second-order valence-electron chi connectivity index (χ2n) is 5.45. The van der Waals surface area contributed by atoms with Crippen molar-refractivity contribution in [1.82, 2.24) is 10.2 Å². The Morgan fingerprint density at radius 3 is 2.78 bits per heavy atom. The number of nitrogens with one attached hydrogen (secondary N) is 1. The Morgan fingerprint density at radius 1 is 1.30 bits per heavy atom. The molecule has 0 aliphatic carbocycles. The fourth-order valence-corrected chi connectivity index (χ4v) is 2.61. The fraction of sp³-hybridized carbons (Fsp3) is 0.235. The first-order chi connectivity index (χ1) is 11.1. The number of benzene rings is 1. The van der Waals surface area contributed by atoms with Gasteiger partial charge in [0, 0.05) is 6.20 Å². The minimum absolute atomic E-state index is 0.272. The minimum atomic E-state index is -1.26. The normalized spacial score (nSPS) is 24.0. The predicted molar refractivity (Wildman–Crippen MR) is 85.1 cm³/mol. The summed E-state index contributed by atoms with van der Waals surface area (Å²) in [6.07, 6.45) is 5.37. The lowest BCUT2D eigenvalue weighted by Gasteiger charge is -2.35. The fourth-order valence-electron chi connectivity index (χ4n) is 2.61. The van der Waals surface area contributed by atoms with Crippen molar-refractivity contribution >= 4 is 17.6 Å². The molecular formula is C17H17N3O3. The molecule has 1 aromatic rings. The van der Waals surface area contributed by atoms with E-state index in [-0.39, 0.29) is 6.04 Å². The van der Waals surface area contributed by atoms with Gasteiger partial charge in [0.15, 0.2) is 12.1 Å². The van der Waals surface area contributed by atoms with Gasteiger partial charge in [-0.15, -0.1) is 0 Å². The molecule has 2 N–H and O–H groups in total. The van der Waals surface area contributed by atoms with Crippen molar-refractivity contribution in [3.05, 3.63) is 60.3 Å². The summed E-state index contributed by atoms with van der Waals surface area (Å²) >= 11 is 0. The van der Waals surface area contributed by atoms with Crippen LogP contribution in [0.15, 0.2) is 59.8 Å². The second kappa shape index (κ2) is 6.18. The summed E-state index contributed by atoms with van der Waals surface area (Å²) in [6, 6.07) is 9.14. The first-order valence-corrected chi connectivity index (χ1v) is 7.37. The standard InChI is InChI=1S/C17H17N3O3/c1-11(12-7-3-2-4-8-12)18-15(21)14-16(22)19-13-9-5-6-10-20(13)17(14)23/h2-11,14,17,23H,1H3,(H,18,21)/t11-,14?,17?/m0/s1. The monoisotopic (exact) mass is 311 g/mol. The Labute approximate surface area is 133 Å². The molecule has 2 unspecified atom stereocenters. The number of amides is 2. The molecule has 3 rings (SSSR count). The zero-order valence-electron chi connectivity index (χ0n) is 12.6. The van der Waals surface area contributed by atoms with E-state index in [9.17, 15) is 14.7 Å². The first kappa shape index (κ1) is 15.2. The third-order valence-electron chi connectivity index (χ3n) is 3.88. The van der Waals surface area contributed by atoms with Crippen LogP contribution in [0.1, 0.15) is 18.5 Å². The number of carbonyl (C=O) groups is 2. The zero-order chi connectivity index (χ0) is 16.4. The smallest absolute Gasteiger partial charge is 0.264 e. The number of hydrogen-bond donors (Lipinski definition) is 2. The van der Waals surface area contributed by atoms with Gasteiger partial charge in [-0.3, -0.25) is 9.59 Å². The summed E-state index contributed by atoms with van der Waals surface area (Å²) in [4.78, 5) is 29.9. The van der Waals surface area contributed by atoms with Crippen LogP contribution in [0.2, 0.25) is 0 Å². The zero-order valence-corrected chi connectivity index (χ0v) is 12.6. The van der Waals surface area contributed by atoms with E-state index >= 15 is 0 Å². The van der Waals surface area contributed by atoms with Crippen molar-refractivity contribution in [2.45, 2.75) is 19.2 Å². The number of amidine groups is 1. The van der Waals surface area contributed by atoms with Gasteiger partial charge in [0.2, 0.25) is 5.91 Å². The van der Waals surface area contributed by atoms with Gasteiger partial charge in [0.05, 0.1) is 6.04 Å².